The summed E-state index contributed by atoms with van der Waals surface area (Å²) in [5.41, 5.74) is 1.74. The summed E-state index contributed by atoms with van der Waals surface area (Å²) >= 11 is 1.72. The van der Waals surface area contributed by atoms with Crippen LogP contribution < -0.4 is 5.32 Å². The number of thiazole rings is 1. The van der Waals surface area contributed by atoms with Gasteiger partial charge in [-0.05, 0) is 85.1 Å². The van der Waals surface area contributed by atoms with Crippen LogP contribution in [0, 0.1) is 0 Å². The van der Waals surface area contributed by atoms with Crippen LogP contribution in [0.2, 0.25) is 0 Å². The number of rotatable bonds is 11. The van der Waals surface area contributed by atoms with Crippen LogP contribution in [0.5, 0.6) is 0 Å². The minimum atomic E-state index is 0.0366. The molecule has 0 aliphatic heterocycles. The van der Waals surface area contributed by atoms with Gasteiger partial charge in [0.1, 0.15) is 5.52 Å². The van der Waals surface area contributed by atoms with Gasteiger partial charge in [0.05, 0.1) is 15.2 Å². The highest BCUT2D eigenvalue weighted by Gasteiger charge is 2.24. The molecule has 0 radical (unpaired) electrons. The molecule has 1 aliphatic carbocycles. The summed E-state index contributed by atoms with van der Waals surface area (Å²) in [4.78, 5) is 27.3. The van der Waals surface area contributed by atoms with Crippen molar-refractivity contribution in [3.05, 3.63) is 29.3 Å². The van der Waals surface area contributed by atoms with Crippen molar-refractivity contribution in [2.75, 3.05) is 33.0 Å². The predicted molar refractivity (Wildman–Crippen MR) is 148 cm³/mol. The van der Waals surface area contributed by atoms with Crippen LogP contribution in [-0.2, 0) is 11.2 Å². The van der Waals surface area contributed by atoms with Crippen LogP contribution in [0.1, 0.15) is 69.7 Å². The van der Waals surface area contributed by atoms with E-state index in [-0.39, 0.29) is 5.91 Å². The molecule has 35 heavy (non-hydrogen) atoms. The van der Waals surface area contributed by atoms with Crippen molar-refractivity contribution in [2.24, 2.45) is 0 Å². The zero-order valence-electron chi connectivity index (χ0n) is 21.8. The van der Waals surface area contributed by atoms with Gasteiger partial charge >= 0.3 is 0 Å². The second kappa shape index (κ2) is 12.2. The predicted octanol–water partition coefficient (Wildman–Crippen LogP) is 6.10. The number of hydrogen-bond donors (Lipinski definition) is 1. The fourth-order valence-electron chi connectivity index (χ4n) is 5.27. The second-order valence-electron chi connectivity index (χ2n) is 10.3. The number of nitrogens with one attached hydrogen (secondary N) is 1. The van der Waals surface area contributed by atoms with Crippen LogP contribution in [0.25, 0.3) is 21.1 Å². The van der Waals surface area contributed by atoms with Gasteiger partial charge in [-0.15, -0.1) is 11.3 Å². The molecule has 1 fully saturated rings. The lowest BCUT2D eigenvalue weighted by molar-refractivity contribution is -0.116. The van der Waals surface area contributed by atoms with E-state index >= 15 is 0 Å². The Morgan fingerprint density at radius 2 is 1.77 bits per heavy atom. The zero-order valence-corrected chi connectivity index (χ0v) is 22.7. The van der Waals surface area contributed by atoms with Crippen LogP contribution in [0.4, 0.5) is 5.82 Å². The topological polar surface area (TPSA) is 61.4 Å². The van der Waals surface area contributed by atoms with E-state index in [2.05, 4.69) is 49.2 Å². The van der Waals surface area contributed by atoms with Crippen molar-refractivity contribution in [3.8, 4) is 0 Å². The average Bonchev–Trinajstić information content (AvgIpc) is 3.28. The number of nitrogens with zero attached hydrogens (tertiary/aromatic N) is 4. The van der Waals surface area contributed by atoms with Gasteiger partial charge in [-0.2, -0.15) is 0 Å². The molecule has 0 spiro atoms. The van der Waals surface area contributed by atoms with Gasteiger partial charge in [0.2, 0.25) is 5.91 Å². The molecular weight excluding hydrogens is 454 g/mol. The molecule has 1 N–H and O–H groups in total. The SMILES string of the molecule is CCCc1nc2c(NC(=O)CCCCCN(C)[C@H]3CC[C@@H](N(C)C)CC3)nc3ccccc3c2s1. The van der Waals surface area contributed by atoms with Gasteiger partial charge in [0, 0.05) is 23.9 Å². The molecule has 0 saturated heterocycles. The summed E-state index contributed by atoms with van der Waals surface area (Å²) in [7, 11) is 6.67. The highest BCUT2D eigenvalue weighted by molar-refractivity contribution is 7.19. The van der Waals surface area contributed by atoms with Crippen molar-refractivity contribution in [1.29, 1.82) is 0 Å². The lowest BCUT2D eigenvalue weighted by Gasteiger charge is -2.37. The van der Waals surface area contributed by atoms with E-state index in [0.717, 1.165) is 70.8 Å². The summed E-state index contributed by atoms with van der Waals surface area (Å²) in [6.07, 6.45) is 10.9. The van der Waals surface area contributed by atoms with Crippen LogP contribution >= 0.6 is 11.3 Å². The van der Waals surface area contributed by atoms with E-state index in [9.17, 15) is 4.79 Å². The standard InChI is InChI=1S/C28H41N5OS/c1-5-11-25-31-26-27(35-25)22-12-8-9-13-23(22)29-28(26)30-24(34)14-7-6-10-19-33(4)21-17-15-20(16-18-21)32(2)3/h8-9,12-13,20-21H,5-7,10-11,14-19H2,1-4H3,(H,29,30,34)/t20-,21+. The Morgan fingerprint density at radius 1 is 1.03 bits per heavy atom. The minimum Gasteiger partial charge on any atom is -0.309 e. The number of aryl methyl sites for hydroxylation is 1. The normalized spacial score (nSPS) is 18.7. The number of amides is 1. The van der Waals surface area contributed by atoms with E-state index in [1.54, 1.807) is 11.3 Å². The molecule has 7 heteroatoms. The molecule has 2 heterocycles. The summed E-state index contributed by atoms with van der Waals surface area (Å²) in [5, 5.41) is 5.29. The Kier molecular flexibility index (Phi) is 9.09. The smallest absolute Gasteiger partial charge is 0.225 e. The van der Waals surface area contributed by atoms with Gasteiger partial charge < -0.3 is 15.1 Å². The Labute approximate surface area is 214 Å². The monoisotopic (exact) mass is 495 g/mol. The Bertz CT molecular complexity index is 1120. The zero-order chi connectivity index (χ0) is 24.8. The number of carbonyl (C=O) groups is 1. The van der Waals surface area contributed by atoms with Crippen LogP contribution in [-0.4, -0.2) is 65.4 Å². The third-order valence-electron chi connectivity index (χ3n) is 7.43. The first-order valence-electron chi connectivity index (χ1n) is 13.3. The molecule has 1 aromatic carbocycles. The number of fused-ring (bicyclic) bond motifs is 3. The van der Waals surface area contributed by atoms with E-state index in [1.807, 2.05) is 18.2 Å². The summed E-state index contributed by atoms with van der Waals surface area (Å²) in [6, 6.07) is 9.59. The first kappa shape index (κ1) is 26.0. The van der Waals surface area contributed by atoms with Crippen molar-refractivity contribution in [2.45, 2.75) is 83.2 Å². The molecule has 1 amide bonds. The van der Waals surface area contributed by atoms with Crippen LogP contribution in [0.15, 0.2) is 24.3 Å². The van der Waals surface area contributed by atoms with Gasteiger partial charge in [-0.3, -0.25) is 4.79 Å². The molecule has 4 rings (SSSR count). The van der Waals surface area contributed by atoms with E-state index in [0.29, 0.717) is 18.3 Å². The number of carbonyl (C=O) groups excluding carboxylic acids is 1. The summed E-state index contributed by atoms with van der Waals surface area (Å²) in [5.74, 6) is 0.643. The van der Waals surface area contributed by atoms with Gasteiger partial charge in [-0.25, -0.2) is 9.97 Å². The Hall–Kier alpha value is -2.09. The molecule has 1 saturated carbocycles. The maximum absolute atomic E-state index is 12.8. The molecule has 0 bridgehead atoms. The third-order valence-corrected chi connectivity index (χ3v) is 8.58. The van der Waals surface area contributed by atoms with Crippen molar-refractivity contribution in [1.82, 2.24) is 19.8 Å². The number of hydrogen-bond acceptors (Lipinski definition) is 6. The number of aromatic nitrogens is 2. The largest absolute Gasteiger partial charge is 0.309 e. The lowest BCUT2D eigenvalue weighted by Crippen LogP contribution is -2.40. The number of unbranched alkanes of at least 4 members (excludes halogenated alkanes) is 2. The first-order valence-corrected chi connectivity index (χ1v) is 14.1. The summed E-state index contributed by atoms with van der Waals surface area (Å²) < 4.78 is 1.12. The lowest BCUT2D eigenvalue weighted by atomic mass is 9.89. The first-order chi connectivity index (χ1) is 17.0. The number of benzene rings is 1. The van der Waals surface area contributed by atoms with Gasteiger partial charge in [0.15, 0.2) is 5.82 Å². The molecule has 0 atom stereocenters. The highest BCUT2D eigenvalue weighted by atomic mass is 32.1. The average molecular weight is 496 g/mol. The minimum absolute atomic E-state index is 0.0366. The Balaban J connectivity index is 1.26. The molecule has 2 aromatic heterocycles. The van der Waals surface area contributed by atoms with Gasteiger partial charge in [-0.1, -0.05) is 31.5 Å². The molecule has 190 valence electrons. The molecule has 6 nitrogen and oxygen atoms in total. The van der Waals surface area contributed by atoms with Crippen LogP contribution in [0.3, 0.4) is 0 Å². The highest BCUT2D eigenvalue weighted by Crippen LogP contribution is 2.34. The maximum Gasteiger partial charge on any atom is 0.225 e. The van der Waals surface area contributed by atoms with Crippen molar-refractivity contribution in [3.63, 3.8) is 0 Å². The second-order valence-corrected chi connectivity index (χ2v) is 11.4. The molecule has 0 unspecified atom stereocenters. The third kappa shape index (κ3) is 6.57. The Morgan fingerprint density at radius 3 is 2.51 bits per heavy atom. The number of para-hydroxylation sites is 1. The van der Waals surface area contributed by atoms with Crippen molar-refractivity contribution >= 4 is 44.2 Å². The fraction of sp³-hybridized carbons (Fsp3) is 0.607. The molecular formula is C28H41N5OS. The van der Waals surface area contributed by atoms with Crippen molar-refractivity contribution < 1.29 is 4.79 Å². The molecule has 1 aliphatic rings. The number of pyridine rings is 1. The quantitative estimate of drug-likeness (QED) is 0.326. The fourth-order valence-corrected chi connectivity index (χ4v) is 6.47. The van der Waals surface area contributed by atoms with E-state index < -0.39 is 0 Å². The summed E-state index contributed by atoms with van der Waals surface area (Å²) in [6.45, 7) is 3.28. The molecule has 3 aromatic rings. The van der Waals surface area contributed by atoms with E-state index in [4.69, 9.17) is 9.97 Å². The maximum atomic E-state index is 12.8. The van der Waals surface area contributed by atoms with E-state index in [1.165, 1.54) is 25.7 Å². The van der Waals surface area contributed by atoms with Gasteiger partial charge in [0.25, 0.3) is 0 Å². The number of anilines is 1.